The average Bonchev–Trinajstić information content (AvgIpc) is 3.37. The first kappa shape index (κ1) is 24.6. The van der Waals surface area contributed by atoms with Crippen molar-refractivity contribution in [2.24, 2.45) is 0 Å². The standard InChI is InChI=1S/C25H28F3N5O2/c26-25(27,28)35-23-6-2-1-5-22(23)33-15-13-32(14-16-33)12-4-3-7-24(34)31-21-10-8-19(9-11-21)20-17-29-30-18-20/h1-2,5-6,8-11,17-18H,3-4,7,12-16H2,(H,29,30)(H,31,34). The number of carbonyl (C=O) groups is 1. The van der Waals surface area contributed by atoms with Gasteiger partial charge in [-0.3, -0.25) is 14.8 Å². The average molecular weight is 488 g/mol. The fourth-order valence-corrected chi connectivity index (χ4v) is 4.14. The number of para-hydroxylation sites is 2. The highest BCUT2D eigenvalue weighted by atomic mass is 19.4. The zero-order chi connectivity index (χ0) is 24.7. The number of piperazine rings is 1. The molecule has 1 amide bonds. The van der Waals surface area contributed by atoms with E-state index in [1.807, 2.05) is 35.4 Å². The molecule has 35 heavy (non-hydrogen) atoms. The number of nitrogens with one attached hydrogen (secondary N) is 2. The van der Waals surface area contributed by atoms with Gasteiger partial charge in [-0.2, -0.15) is 5.10 Å². The van der Waals surface area contributed by atoms with Crippen molar-refractivity contribution in [1.82, 2.24) is 15.1 Å². The van der Waals surface area contributed by atoms with Crippen molar-refractivity contribution in [2.45, 2.75) is 25.6 Å². The van der Waals surface area contributed by atoms with Gasteiger partial charge in [-0.05, 0) is 49.2 Å². The molecule has 1 aliphatic heterocycles. The van der Waals surface area contributed by atoms with E-state index in [-0.39, 0.29) is 11.7 Å². The number of alkyl halides is 3. The molecule has 2 aromatic carbocycles. The molecule has 1 saturated heterocycles. The van der Waals surface area contributed by atoms with Gasteiger partial charge in [0, 0.05) is 50.0 Å². The van der Waals surface area contributed by atoms with Crippen LogP contribution < -0.4 is 15.0 Å². The van der Waals surface area contributed by atoms with Gasteiger partial charge >= 0.3 is 6.36 Å². The minimum absolute atomic E-state index is 0.0212. The predicted octanol–water partition coefficient (Wildman–Crippen LogP) is 4.91. The lowest BCUT2D eigenvalue weighted by molar-refractivity contribution is -0.274. The molecule has 0 aliphatic carbocycles. The van der Waals surface area contributed by atoms with Crippen LogP contribution in [0.15, 0.2) is 60.9 Å². The molecule has 7 nitrogen and oxygen atoms in total. The molecule has 2 heterocycles. The van der Waals surface area contributed by atoms with E-state index >= 15 is 0 Å². The number of benzene rings is 2. The molecule has 1 fully saturated rings. The summed E-state index contributed by atoms with van der Waals surface area (Å²) in [5.74, 6) is -0.192. The lowest BCUT2D eigenvalue weighted by atomic mass is 10.1. The molecule has 3 aromatic rings. The van der Waals surface area contributed by atoms with Crippen molar-refractivity contribution in [1.29, 1.82) is 0 Å². The largest absolute Gasteiger partial charge is 0.573 e. The van der Waals surface area contributed by atoms with Crippen molar-refractivity contribution < 1.29 is 22.7 Å². The minimum Gasteiger partial charge on any atom is -0.404 e. The Hall–Kier alpha value is -3.53. The Morgan fingerprint density at radius 3 is 2.43 bits per heavy atom. The van der Waals surface area contributed by atoms with Crippen LogP contribution in [0.4, 0.5) is 24.5 Å². The van der Waals surface area contributed by atoms with Gasteiger partial charge in [0.05, 0.1) is 11.9 Å². The maximum absolute atomic E-state index is 12.7. The normalized spacial score (nSPS) is 14.7. The number of nitrogens with zero attached hydrogens (tertiary/aromatic N) is 3. The topological polar surface area (TPSA) is 73.5 Å². The Bertz CT molecular complexity index is 1080. The summed E-state index contributed by atoms with van der Waals surface area (Å²) in [4.78, 5) is 16.5. The highest BCUT2D eigenvalue weighted by Gasteiger charge is 2.33. The Balaban J connectivity index is 1.15. The number of hydrogen-bond acceptors (Lipinski definition) is 5. The zero-order valence-electron chi connectivity index (χ0n) is 19.2. The molecular formula is C25H28F3N5O2. The number of amides is 1. The van der Waals surface area contributed by atoms with E-state index < -0.39 is 6.36 Å². The molecule has 0 saturated carbocycles. The molecule has 10 heteroatoms. The van der Waals surface area contributed by atoms with Crippen LogP contribution in [0.3, 0.4) is 0 Å². The minimum atomic E-state index is -4.71. The fraction of sp³-hybridized carbons (Fsp3) is 0.360. The SMILES string of the molecule is O=C(CCCCN1CCN(c2ccccc2OC(F)(F)F)CC1)Nc1ccc(-c2cn[nH]c2)cc1. The second-order valence-corrected chi connectivity index (χ2v) is 8.41. The molecule has 0 unspecified atom stereocenters. The highest BCUT2D eigenvalue weighted by molar-refractivity contribution is 5.90. The number of halogens is 3. The van der Waals surface area contributed by atoms with E-state index in [4.69, 9.17) is 0 Å². The molecule has 0 atom stereocenters. The van der Waals surface area contributed by atoms with Crippen molar-refractivity contribution in [2.75, 3.05) is 42.9 Å². The number of rotatable bonds is 9. The van der Waals surface area contributed by atoms with Crippen LogP contribution in [0.1, 0.15) is 19.3 Å². The molecule has 1 aliphatic rings. The van der Waals surface area contributed by atoms with E-state index in [0.717, 1.165) is 49.3 Å². The van der Waals surface area contributed by atoms with E-state index in [0.29, 0.717) is 25.2 Å². The molecule has 186 valence electrons. The summed E-state index contributed by atoms with van der Waals surface area (Å²) in [6.45, 7) is 3.58. The van der Waals surface area contributed by atoms with Crippen LogP contribution in [0, 0.1) is 0 Å². The van der Waals surface area contributed by atoms with Crippen molar-refractivity contribution >= 4 is 17.3 Å². The summed E-state index contributed by atoms with van der Waals surface area (Å²) in [7, 11) is 0. The van der Waals surface area contributed by atoms with Gasteiger partial charge in [0.2, 0.25) is 5.91 Å². The van der Waals surface area contributed by atoms with Gasteiger partial charge in [0.1, 0.15) is 0 Å². The molecule has 4 rings (SSSR count). The smallest absolute Gasteiger partial charge is 0.404 e. The summed E-state index contributed by atoms with van der Waals surface area (Å²) in [5.41, 5.74) is 3.22. The summed E-state index contributed by atoms with van der Waals surface area (Å²) < 4.78 is 42.3. The van der Waals surface area contributed by atoms with Crippen LogP contribution in [-0.2, 0) is 4.79 Å². The number of aromatic nitrogens is 2. The zero-order valence-corrected chi connectivity index (χ0v) is 19.2. The summed E-state index contributed by atoms with van der Waals surface area (Å²) >= 11 is 0. The first-order valence-electron chi connectivity index (χ1n) is 11.6. The second-order valence-electron chi connectivity index (χ2n) is 8.41. The van der Waals surface area contributed by atoms with Crippen molar-refractivity contribution in [3.8, 4) is 16.9 Å². The van der Waals surface area contributed by atoms with Gasteiger partial charge in [-0.25, -0.2) is 0 Å². The number of H-pyrrole nitrogens is 1. The lowest BCUT2D eigenvalue weighted by Gasteiger charge is -2.36. The molecule has 1 aromatic heterocycles. The van der Waals surface area contributed by atoms with Gasteiger partial charge in [-0.1, -0.05) is 24.3 Å². The third-order valence-electron chi connectivity index (χ3n) is 5.93. The lowest BCUT2D eigenvalue weighted by Crippen LogP contribution is -2.46. The highest BCUT2D eigenvalue weighted by Crippen LogP contribution is 2.33. The summed E-state index contributed by atoms with van der Waals surface area (Å²) in [6.07, 6.45) is 0.922. The van der Waals surface area contributed by atoms with Gasteiger partial charge < -0.3 is 15.0 Å². The maximum atomic E-state index is 12.7. The van der Waals surface area contributed by atoms with Gasteiger partial charge in [0.15, 0.2) is 5.75 Å². The number of aromatic amines is 1. The number of carbonyl (C=O) groups excluding carboxylic acids is 1. The predicted molar refractivity (Wildman–Crippen MR) is 128 cm³/mol. The van der Waals surface area contributed by atoms with E-state index in [9.17, 15) is 18.0 Å². The Morgan fingerprint density at radius 1 is 1.00 bits per heavy atom. The number of hydrogen-bond donors (Lipinski definition) is 2. The Kier molecular flexibility index (Phi) is 7.91. The van der Waals surface area contributed by atoms with Crippen LogP contribution in [0.5, 0.6) is 5.75 Å². The van der Waals surface area contributed by atoms with E-state index in [2.05, 4.69) is 25.2 Å². The summed E-state index contributed by atoms with van der Waals surface area (Å²) in [6, 6.07) is 13.9. The fourth-order valence-electron chi connectivity index (χ4n) is 4.14. The van der Waals surface area contributed by atoms with E-state index in [1.165, 1.54) is 12.1 Å². The van der Waals surface area contributed by atoms with Crippen molar-refractivity contribution in [3.05, 3.63) is 60.9 Å². The monoisotopic (exact) mass is 487 g/mol. The molecule has 2 N–H and O–H groups in total. The molecule has 0 radical (unpaired) electrons. The maximum Gasteiger partial charge on any atom is 0.573 e. The summed E-state index contributed by atoms with van der Waals surface area (Å²) in [5, 5.41) is 9.64. The van der Waals surface area contributed by atoms with Crippen LogP contribution >= 0.6 is 0 Å². The number of anilines is 2. The Labute approximate surface area is 201 Å². The third kappa shape index (κ3) is 7.22. The van der Waals surface area contributed by atoms with Crippen LogP contribution in [0.2, 0.25) is 0 Å². The molecular weight excluding hydrogens is 459 g/mol. The number of unbranched alkanes of at least 4 members (excludes halogenated alkanes) is 1. The van der Waals surface area contributed by atoms with Gasteiger partial charge in [-0.15, -0.1) is 13.2 Å². The second kappa shape index (κ2) is 11.3. The van der Waals surface area contributed by atoms with E-state index in [1.54, 1.807) is 18.3 Å². The molecule has 0 bridgehead atoms. The first-order valence-corrected chi connectivity index (χ1v) is 11.6. The molecule has 0 spiro atoms. The van der Waals surface area contributed by atoms with Crippen molar-refractivity contribution in [3.63, 3.8) is 0 Å². The van der Waals surface area contributed by atoms with Crippen LogP contribution in [-0.4, -0.2) is 60.1 Å². The quantitative estimate of drug-likeness (QED) is 0.420. The Morgan fingerprint density at radius 2 is 1.74 bits per heavy atom. The van der Waals surface area contributed by atoms with Gasteiger partial charge in [0.25, 0.3) is 0 Å². The third-order valence-corrected chi connectivity index (χ3v) is 5.93. The number of ether oxygens (including phenoxy) is 1. The van der Waals surface area contributed by atoms with Crippen LogP contribution in [0.25, 0.3) is 11.1 Å². The first-order chi connectivity index (χ1) is 16.9.